The first-order chi connectivity index (χ1) is 11.7. The van der Waals surface area contributed by atoms with Crippen molar-refractivity contribution in [3.63, 3.8) is 0 Å². The average Bonchev–Trinajstić information content (AvgIpc) is 2.62. The highest BCUT2D eigenvalue weighted by molar-refractivity contribution is 5.93. The predicted octanol–water partition coefficient (Wildman–Crippen LogP) is 4.10. The lowest BCUT2D eigenvalue weighted by Crippen LogP contribution is -2.33. The summed E-state index contributed by atoms with van der Waals surface area (Å²) in [6, 6.07) is 11.3. The van der Waals surface area contributed by atoms with Gasteiger partial charge in [-0.25, -0.2) is 0 Å². The van der Waals surface area contributed by atoms with Gasteiger partial charge in [0.25, 0.3) is 5.91 Å². The summed E-state index contributed by atoms with van der Waals surface area (Å²) in [5.74, 6) is 0.790. The van der Waals surface area contributed by atoms with Crippen molar-refractivity contribution in [2.24, 2.45) is 0 Å². The molecule has 5 nitrogen and oxygen atoms in total. The number of benzene rings is 1. The zero-order chi connectivity index (χ0) is 17.4. The first-order valence-corrected chi connectivity index (χ1v) is 8.34. The van der Waals surface area contributed by atoms with Crippen LogP contribution in [0.15, 0.2) is 42.6 Å². The minimum Gasteiger partial charge on any atom is -0.497 e. The lowest BCUT2D eigenvalue weighted by molar-refractivity contribution is 0.0749. The predicted molar refractivity (Wildman–Crippen MR) is 97.0 cm³/mol. The number of nitrogens with one attached hydrogen (secondary N) is 1. The van der Waals surface area contributed by atoms with E-state index in [0.29, 0.717) is 5.69 Å². The van der Waals surface area contributed by atoms with Crippen LogP contribution in [0, 0.1) is 0 Å². The quantitative estimate of drug-likeness (QED) is 0.793. The van der Waals surface area contributed by atoms with Crippen molar-refractivity contribution in [2.45, 2.75) is 26.7 Å². The number of ether oxygens (including phenoxy) is 1. The Kier molecular flexibility index (Phi) is 6.61. The third kappa shape index (κ3) is 4.72. The molecule has 0 aliphatic rings. The van der Waals surface area contributed by atoms with E-state index in [-0.39, 0.29) is 5.91 Å². The molecule has 24 heavy (non-hydrogen) atoms. The Labute approximate surface area is 143 Å². The highest BCUT2D eigenvalue weighted by Crippen LogP contribution is 2.20. The van der Waals surface area contributed by atoms with E-state index in [2.05, 4.69) is 24.1 Å². The molecule has 5 heteroatoms. The van der Waals surface area contributed by atoms with Gasteiger partial charge in [0.15, 0.2) is 0 Å². The molecule has 0 bridgehead atoms. The average molecular weight is 327 g/mol. The third-order valence-corrected chi connectivity index (χ3v) is 3.63. The first kappa shape index (κ1) is 17.8. The van der Waals surface area contributed by atoms with Gasteiger partial charge in [-0.2, -0.15) is 0 Å². The second-order valence-corrected chi connectivity index (χ2v) is 5.58. The van der Waals surface area contributed by atoms with Crippen LogP contribution >= 0.6 is 0 Å². The van der Waals surface area contributed by atoms with E-state index in [1.807, 2.05) is 35.2 Å². The van der Waals surface area contributed by atoms with Gasteiger partial charge in [0.05, 0.1) is 7.11 Å². The fourth-order valence-corrected chi connectivity index (χ4v) is 2.48. The zero-order valence-electron chi connectivity index (χ0n) is 14.6. The molecule has 1 aromatic carbocycles. The van der Waals surface area contributed by atoms with Gasteiger partial charge in [-0.05, 0) is 49.2 Å². The molecule has 0 spiro atoms. The smallest absolute Gasteiger partial charge is 0.272 e. The van der Waals surface area contributed by atoms with Crippen molar-refractivity contribution in [1.29, 1.82) is 0 Å². The molecule has 1 N–H and O–H groups in total. The fraction of sp³-hybridized carbons (Fsp3) is 0.368. The van der Waals surface area contributed by atoms with Crippen molar-refractivity contribution in [2.75, 3.05) is 25.5 Å². The standard InChI is InChI=1S/C19H25N3O2/c1-4-12-22(13-5-2)19(23)18-14-16(10-11-20-18)21-15-6-8-17(24-3)9-7-15/h6-11,14H,4-5,12-13H2,1-3H3,(H,20,21). The Bertz CT molecular complexity index is 650. The molecule has 0 saturated heterocycles. The number of hydrogen-bond acceptors (Lipinski definition) is 4. The molecule has 0 unspecified atom stereocenters. The van der Waals surface area contributed by atoms with E-state index in [9.17, 15) is 4.79 Å². The van der Waals surface area contributed by atoms with Crippen molar-refractivity contribution < 1.29 is 9.53 Å². The summed E-state index contributed by atoms with van der Waals surface area (Å²) in [6.07, 6.45) is 3.54. The number of anilines is 2. The minimum absolute atomic E-state index is 0.0166. The van der Waals surface area contributed by atoms with E-state index >= 15 is 0 Å². The summed E-state index contributed by atoms with van der Waals surface area (Å²) in [5, 5.41) is 3.29. The molecule has 1 heterocycles. The molecule has 0 aliphatic carbocycles. The van der Waals surface area contributed by atoms with Crippen molar-refractivity contribution >= 4 is 17.3 Å². The van der Waals surface area contributed by atoms with E-state index in [1.54, 1.807) is 19.4 Å². The van der Waals surface area contributed by atoms with Gasteiger partial charge >= 0.3 is 0 Å². The SMILES string of the molecule is CCCN(CCC)C(=O)c1cc(Nc2ccc(OC)cc2)ccn1. The van der Waals surface area contributed by atoms with Crippen molar-refractivity contribution in [1.82, 2.24) is 9.88 Å². The summed E-state index contributed by atoms with van der Waals surface area (Å²) in [6.45, 7) is 5.66. The maximum Gasteiger partial charge on any atom is 0.272 e. The molecule has 0 atom stereocenters. The maximum absolute atomic E-state index is 12.6. The van der Waals surface area contributed by atoms with Crippen LogP contribution in [-0.4, -0.2) is 36.0 Å². The Morgan fingerprint density at radius 1 is 1.08 bits per heavy atom. The summed E-state index contributed by atoms with van der Waals surface area (Å²) < 4.78 is 5.15. The number of carbonyl (C=O) groups excluding carboxylic acids is 1. The van der Waals surface area contributed by atoms with Crippen molar-refractivity contribution in [3.05, 3.63) is 48.3 Å². The number of methoxy groups -OCH3 is 1. The second kappa shape index (κ2) is 8.91. The third-order valence-electron chi connectivity index (χ3n) is 3.63. The Hall–Kier alpha value is -2.56. The molecule has 1 aromatic heterocycles. The fourth-order valence-electron chi connectivity index (χ4n) is 2.48. The summed E-state index contributed by atoms with van der Waals surface area (Å²) in [5.41, 5.74) is 2.24. The normalized spacial score (nSPS) is 10.3. The van der Waals surface area contributed by atoms with Crippen LogP contribution in [0.4, 0.5) is 11.4 Å². The molecule has 2 rings (SSSR count). The van der Waals surface area contributed by atoms with Gasteiger partial charge in [0, 0.05) is 30.7 Å². The number of carbonyl (C=O) groups is 1. The molecule has 128 valence electrons. The molecule has 2 aromatic rings. The van der Waals surface area contributed by atoms with E-state index in [0.717, 1.165) is 43.1 Å². The summed E-state index contributed by atoms with van der Waals surface area (Å²) in [7, 11) is 1.64. The Balaban J connectivity index is 2.13. The number of pyridine rings is 1. The van der Waals surface area contributed by atoms with Crippen LogP contribution in [0.5, 0.6) is 5.75 Å². The maximum atomic E-state index is 12.6. The van der Waals surface area contributed by atoms with Gasteiger partial charge in [0.2, 0.25) is 0 Å². The molecular formula is C19H25N3O2. The molecule has 0 aliphatic heterocycles. The highest BCUT2D eigenvalue weighted by atomic mass is 16.5. The number of aromatic nitrogens is 1. The van der Waals surface area contributed by atoms with Crippen LogP contribution in [0.25, 0.3) is 0 Å². The minimum atomic E-state index is -0.0166. The largest absolute Gasteiger partial charge is 0.497 e. The number of amides is 1. The van der Waals surface area contributed by atoms with Crippen LogP contribution in [0.1, 0.15) is 37.2 Å². The van der Waals surface area contributed by atoms with E-state index in [4.69, 9.17) is 4.74 Å². The van der Waals surface area contributed by atoms with Gasteiger partial charge < -0.3 is 15.0 Å². The highest BCUT2D eigenvalue weighted by Gasteiger charge is 2.15. The van der Waals surface area contributed by atoms with Crippen LogP contribution in [-0.2, 0) is 0 Å². The van der Waals surface area contributed by atoms with Gasteiger partial charge in [0.1, 0.15) is 11.4 Å². The molecule has 0 radical (unpaired) electrons. The summed E-state index contributed by atoms with van der Waals surface area (Å²) >= 11 is 0. The van der Waals surface area contributed by atoms with Gasteiger partial charge in [-0.15, -0.1) is 0 Å². The molecule has 1 amide bonds. The van der Waals surface area contributed by atoms with Crippen molar-refractivity contribution in [3.8, 4) is 5.75 Å². The molecular weight excluding hydrogens is 302 g/mol. The topological polar surface area (TPSA) is 54.5 Å². The van der Waals surface area contributed by atoms with E-state index < -0.39 is 0 Å². The van der Waals surface area contributed by atoms with Crippen LogP contribution < -0.4 is 10.1 Å². The molecule has 0 saturated carbocycles. The summed E-state index contributed by atoms with van der Waals surface area (Å²) in [4.78, 5) is 18.7. The van der Waals surface area contributed by atoms with Gasteiger partial charge in [-0.3, -0.25) is 9.78 Å². The van der Waals surface area contributed by atoms with Crippen LogP contribution in [0.3, 0.4) is 0 Å². The lowest BCUT2D eigenvalue weighted by Gasteiger charge is -2.21. The lowest BCUT2D eigenvalue weighted by atomic mass is 10.2. The first-order valence-electron chi connectivity index (χ1n) is 8.34. The second-order valence-electron chi connectivity index (χ2n) is 5.58. The Morgan fingerprint density at radius 3 is 2.33 bits per heavy atom. The Morgan fingerprint density at radius 2 is 1.75 bits per heavy atom. The number of nitrogens with zero attached hydrogens (tertiary/aromatic N) is 2. The monoisotopic (exact) mass is 327 g/mol. The zero-order valence-corrected chi connectivity index (χ0v) is 14.6. The van der Waals surface area contributed by atoms with E-state index in [1.165, 1.54) is 0 Å². The van der Waals surface area contributed by atoms with Gasteiger partial charge in [-0.1, -0.05) is 13.8 Å². The number of hydrogen-bond donors (Lipinski definition) is 1. The molecule has 0 fully saturated rings. The number of rotatable bonds is 8. The van der Waals surface area contributed by atoms with Crippen LogP contribution in [0.2, 0.25) is 0 Å².